The largest absolute Gasteiger partial charge is 0.297 e. The van der Waals surface area contributed by atoms with Crippen LogP contribution in [-0.4, -0.2) is 19.1 Å². The number of aromatic nitrogens is 4. The van der Waals surface area contributed by atoms with Crippen molar-refractivity contribution in [2.45, 2.75) is 13.1 Å². The highest BCUT2D eigenvalue weighted by atomic mass is 32.1. The smallest absolute Gasteiger partial charge is 0.262 e. The van der Waals surface area contributed by atoms with Gasteiger partial charge in [-0.15, -0.1) is 22.7 Å². The normalized spacial score (nSPS) is 11.4. The molecule has 0 N–H and O–H groups in total. The molecule has 0 aliphatic carbocycles. The second-order valence-electron chi connectivity index (χ2n) is 7.88. The van der Waals surface area contributed by atoms with E-state index in [0.717, 1.165) is 20.9 Å². The van der Waals surface area contributed by atoms with Crippen molar-refractivity contribution in [1.82, 2.24) is 19.1 Å². The fraction of sp³-hybridized carbons (Fsp3) is 0.0769. The van der Waals surface area contributed by atoms with E-state index in [1.54, 1.807) is 21.8 Å². The third-order valence-corrected chi connectivity index (χ3v) is 7.92. The van der Waals surface area contributed by atoms with E-state index >= 15 is 0 Å². The van der Waals surface area contributed by atoms with E-state index in [0.29, 0.717) is 33.5 Å². The molecule has 0 unspecified atom stereocenters. The van der Waals surface area contributed by atoms with Crippen LogP contribution in [0.1, 0.15) is 0 Å². The molecule has 0 aliphatic heterocycles. The van der Waals surface area contributed by atoms with Crippen LogP contribution in [0.5, 0.6) is 0 Å². The summed E-state index contributed by atoms with van der Waals surface area (Å²) in [6, 6.07) is 23.7. The highest BCUT2D eigenvalue weighted by Crippen LogP contribution is 2.31. The van der Waals surface area contributed by atoms with E-state index < -0.39 is 0 Å². The molecule has 6 rings (SSSR count). The lowest BCUT2D eigenvalue weighted by Crippen LogP contribution is -2.26. The van der Waals surface area contributed by atoms with E-state index in [9.17, 15) is 9.59 Å². The molecule has 34 heavy (non-hydrogen) atoms. The number of fused-ring (bicyclic) bond motifs is 2. The lowest BCUT2D eigenvalue weighted by atomic mass is 10.2. The van der Waals surface area contributed by atoms with Gasteiger partial charge in [0, 0.05) is 22.8 Å². The zero-order valence-corrected chi connectivity index (χ0v) is 19.6. The van der Waals surface area contributed by atoms with Gasteiger partial charge in [-0.3, -0.25) is 18.7 Å². The van der Waals surface area contributed by atoms with Crippen LogP contribution in [-0.2, 0) is 13.1 Å². The van der Waals surface area contributed by atoms with Gasteiger partial charge >= 0.3 is 0 Å². The van der Waals surface area contributed by atoms with Crippen molar-refractivity contribution in [2.75, 3.05) is 0 Å². The Balaban J connectivity index is 1.29. The average molecular weight is 483 g/mol. The zero-order valence-electron chi connectivity index (χ0n) is 17.9. The molecule has 0 amide bonds. The Bertz CT molecular complexity index is 1620. The standard InChI is InChI=1S/C26H18N4O2S2/c31-25-19-13-21(17-7-3-1-4-8-17)33-23(19)27-15-29(25)11-12-30-16-28-24-20(26(30)32)14-22(34-24)18-9-5-2-6-10-18/h1-10,13-16H,11-12H2. The molecule has 4 aromatic heterocycles. The lowest BCUT2D eigenvalue weighted by Gasteiger charge is -2.07. The summed E-state index contributed by atoms with van der Waals surface area (Å²) in [5, 5.41) is 1.19. The van der Waals surface area contributed by atoms with Crippen LogP contribution in [0.3, 0.4) is 0 Å². The first-order valence-corrected chi connectivity index (χ1v) is 12.4. The van der Waals surface area contributed by atoms with Crippen molar-refractivity contribution >= 4 is 43.1 Å². The molecule has 0 fully saturated rings. The Morgan fingerprint density at radius 1 is 0.618 bits per heavy atom. The molecule has 0 saturated carbocycles. The van der Waals surface area contributed by atoms with E-state index in [1.165, 1.54) is 22.7 Å². The number of aryl methyl sites for hydroxylation is 2. The summed E-state index contributed by atoms with van der Waals surface area (Å²) in [6.45, 7) is 0.669. The second-order valence-corrected chi connectivity index (χ2v) is 9.94. The van der Waals surface area contributed by atoms with Crippen LogP contribution in [0.15, 0.2) is 95.0 Å². The third kappa shape index (κ3) is 3.67. The maximum Gasteiger partial charge on any atom is 0.262 e. The van der Waals surface area contributed by atoms with Crippen molar-refractivity contribution in [3.8, 4) is 20.9 Å². The summed E-state index contributed by atoms with van der Waals surface area (Å²) in [5.74, 6) is 0. The summed E-state index contributed by atoms with van der Waals surface area (Å²) in [6.07, 6.45) is 3.12. The van der Waals surface area contributed by atoms with Gasteiger partial charge in [-0.25, -0.2) is 9.97 Å². The van der Waals surface area contributed by atoms with Gasteiger partial charge in [0.15, 0.2) is 0 Å². The van der Waals surface area contributed by atoms with E-state index in [2.05, 4.69) is 9.97 Å². The Labute approximate surface area is 202 Å². The predicted octanol–water partition coefficient (Wildman–Crippen LogP) is 5.26. The van der Waals surface area contributed by atoms with Gasteiger partial charge in [-0.05, 0) is 23.3 Å². The molecule has 0 saturated heterocycles. The fourth-order valence-corrected chi connectivity index (χ4v) is 5.93. The molecule has 2 aromatic carbocycles. The van der Waals surface area contributed by atoms with Crippen molar-refractivity contribution in [1.29, 1.82) is 0 Å². The molecule has 0 spiro atoms. The number of hydrogen-bond donors (Lipinski definition) is 0. The summed E-state index contributed by atoms with van der Waals surface area (Å²) in [4.78, 5) is 38.6. The van der Waals surface area contributed by atoms with Crippen molar-refractivity contribution in [3.63, 3.8) is 0 Å². The number of rotatable bonds is 5. The molecular formula is C26H18N4O2S2. The third-order valence-electron chi connectivity index (χ3n) is 5.73. The van der Waals surface area contributed by atoms with Crippen molar-refractivity contribution in [2.24, 2.45) is 0 Å². The SMILES string of the molecule is O=c1c2cc(-c3ccccc3)sc2ncn1CCn1cnc2sc(-c3ccccc3)cc2c1=O. The van der Waals surface area contributed by atoms with Gasteiger partial charge in [0.1, 0.15) is 9.66 Å². The van der Waals surface area contributed by atoms with Crippen LogP contribution in [0, 0.1) is 0 Å². The number of benzene rings is 2. The first-order chi connectivity index (χ1) is 16.7. The maximum atomic E-state index is 13.1. The van der Waals surface area contributed by atoms with Crippen LogP contribution >= 0.6 is 22.7 Å². The number of hydrogen-bond acceptors (Lipinski definition) is 6. The minimum atomic E-state index is -0.104. The van der Waals surface area contributed by atoms with Crippen LogP contribution in [0.4, 0.5) is 0 Å². The Hall–Kier alpha value is -3.88. The Morgan fingerprint density at radius 2 is 1.03 bits per heavy atom. The molecule has 6 nitrogen and oxygen atoms in total. The maximum absolute atomic E-state index is 13.1. The van der Waals surface area contributed by atoms with Gasteiger partial charge in [-0.1, -0.05) is 60.7 Å². The first kappa shape index (κ1) is 20.7. The minimum Gasteiger partial charge on any atom is -0.297 e. The predicted molar refractivity (Wildman–Crippen MR) is 139 cm³/mol. The summed E-state index contributed by atoms with van der Waals surface area (Å²) < 4.78 is 3.12. The van der Waals surface area contributed by atoms with Crippen LogP contribution in [0.25, 0.3) is 41.3 Å². The fourth-order valence-electron chi connectivity index (χ4n) is 3.94. The van der Waals surface area contributed by atoms with E-state index in [1.807, 2.05) is 72.8 Å². The molecule has 0 aliphatic rings. The summed E-state index contributed by atoms with van der Waals surface area (Å²) in [5.41, 5.74) is 1.92. The highest BCUT2D eigenvalue weighted by Gasteiger charge is 2.13. The van der Waals surface area contributed by atoms with E-state index in [-0.39, 0.29) is 11.1 Å². The molecule has 0 atom stereocenters. The topological polar surface area (TPSA) is 69.8 Å². The highest BCUT2D eigenvalue weighted by molar-refractivity contribution is 7.22. The van der Waals surface area contributed by atoms with Crippen molar-refractivity contribution < 1.29 is 0 Å². The lowest BCUT2D eigenvalue weighted by molar-refractivity contribution is 0.547. The Morgan fingerprint density at radius 3 is 1.44 bits per heavy atom. The summed E-state index contributed by atoms with van der Waals surface area (Å²) in [7, 11) is 0. The average Bonchev–Trinajstić information content (AvgIpc) is 3.52. The zero-order chi connectivity index (χ0) is 23.1. The number of nitrogens with zero attached hydrogens (tertiary/aromatic N) is 4. The second kappa shape index (κ2) is 8.48. The molecule has 0 bridgehead atoms. The molecule has 0 radical (unpaired) electrons. The van der Waals surface area contributed by atoms with E-state index in [4.69, 9.17) is 0 Å². The minimum absolute atomic E-state index is 0.104. The quantitative estimate of drug-likeness (QED) is 0.336. The van der Waals surface area contributed by atoms with Crippen molar-refractivity contribution in [3.05, 3.63) is 106 Å². The molecule has 8 heteroatoms. The van der Waals surface area contributed by atoms with Gasteiger partial charge < -0.3 is 0 Å². The van der Waals surface area contributed by atoms with Crippen LogP contribution < -0.4 is 11.1 Å². The Kier molecular flexibility index (Phi) is 5.16. The number of thiophene rings is 2. The van der Waals surface area contributed by atoms with Gasteiger partial charge in [0.05, 0.1) is 23.4 Å². The van der Waals surface area contributed by atoms with Crippen LogP contribution in [0.2, 0.25) is 0 Å². The first-order valence-electron chi connectivity index (χ1n) is 10.8. The monoisotopic (exact) mass is 482 g/mol. The summed E-state index contributed by atoms with van der Waals surface area (Å²) >= 11 is 3.01. The molecule has 4 heterocycles. The molecular weight excluding hydrogens is 464 g/mol. The molecule has 166 valence electrons. The van der Waals surface area contributed by atoms with Gasteiger partial charge in [0.2, 0.25) is 0 Å². The van der Waals surface area contributed by atoms with Gasteiger partial charge in [0.25, 0.3) is 11.1 Å². The van der Waals surface area contributed by atoms with Gasteiger partial charge in [-0.2, -0.15) is 0 Å². The molecule has 6 aromatic rings.